The minimum Gasteiger partial charge on any atom is -0.569 e. The van der Waals surface area contributed by atoms with Crippen molar-refractivity contribution in [3.8, 4) is 0 Å². The van der Waals surface area contributed by atoms with Crippen molar-refractivity contribution < 1.29 is 19.7 Å². The first-order chi connectivity index (χ1) is 5.57. The zero-order chi connectivity index (χ0) is 9.56. The molecule has 0 fully saturated rings. The van der Waals surface area contributed by atoms with Crippen LogP contribution in [0.3, 0.4) is 0 Å². The van der Waals surface area contributed by atoms with Crippen LogP contribution in [0.1, 0.15) is 0 Å². The third-order valence-corrected chi connectivity index (χ3v) is 0.848. The third kappa shape index (κ3) is 4.09. The number of carboxylic acid groups (broad SMARTS) is 1. The molecule has 7 heteroatoms. The second-order valence-electron chi connectivity index (χ2n) is 1.82. The number of nitrogens with zero attached hydrogens (tertiary/aromatic N) is 3. The molecule has 1 N–H and O–H groups in total. The van der Waals surface area contributed by atoms with Gasteiger partial charge in [0.05, 0.1) is 12.0 Å². The first kappa shape index (κ1) is 10.2. The summed E-state index contributed by atoms with van der Waals surface area (Å²) in [5.74, 6) is -1.13. The van der Waals surface area contributed by atoms with Crippen LogP contribution in [0.5, 0.6) is 0 Å². The maximum absolute atomic E-state index is 10.7. The van der Waals surface area contributed by atoms with Crippen molar-refractivity contribution in [3.63, 3.8) is 0 Å². The van der Waals surface area contributed by atoms with Gasteiger partial charge in [-0.1, -0.05) is 6.58 Å². The predicted molar refractivity (Wildman–Crippen MR) is 37.6 cm³/mol. The van der Waals surface area contributed by atoms with E-state index in [1.54, 1.807) is 0 Å². The molecular weight excluding hydrogens is 166 g/mol. The lowest BCUT2D eigenvalue weighted by molar-refractivity contribution is -0.701. The van der Waals surface area contributed by atoms with Gasteiger partial charge in [-0.2, -0.15) is 0 Å². The van der Waals surface area contributed by atoms with Gasteiger partial charge < -0.3 is 15.2 Å². The molecule has 0 aliphatic rings. The minimum atomic E-state index is -1.13. The lowest BCUT2D eigenvalue weighted by Crippen LogP contribution is -2.31. The smallest absolute Gasteiger partial charge is 0.329 e. The number of rotatable bonds is 5. The second kappa shape index (κ2) is 4.94. The molecule has 0 rings (SSSR count). The number of aliphatic carboxylic acids is 1. The van der Waals surface area contributed by atoms with Gasteiger partial charge in [0.1, 0.15) is 6.26 Å². The summed E-state index contributed by atoms with van der Waals surface area (Å²) in [5.41, 5.74) is 0. The van der Waals surface area contributed by atoms with E-state index in [1.165, 1.54) is 7.05 Å². The molecule has 0 heterocycles. The summed E-state index contributed by atoms with van der Waals surface area (Å²) in [6.45, 7) is 2.69. The van der Waals surface area contributed by atoms with E-state index < -0.39 is 12.5 Å². The first-order valence-electron chi connectivity index (χ1n) is 2.95. The topological polar surface area (TPSA) is 88.2 Å². The Kier molecular flexibility index (Phi) is 4.20. The van der Waals surface area contributed by atoms with Crippen molar-refractivity contribution in [2.75, 3.05) is 13.6 Å². The van der Waals surface area contributed by atoms with E-state index in [0.29, 0.717) is 0 Å². The van der Waals surface area contributed by atoms with Crippen LogP contribution in [0.15, 0.2) is 18.1 Å². The molecule has 0 unspecified atom stereocenters. The number of carboxylic acids is 1. The van der Waals surface area contributed by atoms with Gasteiger partial charge in [0.15, 0.2) is 6.54 Å². The maximum atomic E-state index is 10.7. The van der Waals surface area contributed by atoms with Crippen LogP contribution < -0.4 is 0 Å². The highest BCUT2D eigenvalue weighted by molar-refractivity contribution is 5.68. The second-order valence-corrected chi connectivity index (χ2v) is 1.82. The highest BCUT2D eigenvalue weighted by Crippen LogP contribution is 1.86. The third-order valence-electron chi connectivity index (χ3n) is 0.848. The van der Waals surface area contributed by atoms with Crippen LogP contribution in [0.2, 0.25) is 0 Å². The Morgan fingerprint density at radius 2 is 2.58 bits per heavy atom. The first-order valence-corrected chi connectivity index (χ1v) is 2.95. The van der Waals surface area contributed by atoms with Gasteiger partial charge >= 0.3 is 5.97 Å². The number of hydrazine groups is 1. The monoisotopic (exact) mass is 175 g/mol. The van der Waals surface area contributed by atoms with Gasteiger partial charge in [-0.15, -0.1) is 5.01 Å². The van der Waals surface area contributed by atoms with E-state index in [0.717, 1.165) is 11.3 Å². The summed E-state index contributed by atoms with van der Waals surface area (Å²) < 4.78 is 0. The summed E-state index contributed by atoms with van der Waals surface area (Å²) in [5, 5.41) is 22.7. The molecule has 0 saturated carbocycles. The largest absolute Gasteiger partial charge is 0.569 e. The summed E-state index contributed by atoms with van der Waals surface area (Å²) in [6.07, 6.45) is 0.944. The standard InChI is InChI=1S/C5H9N3O4/c1-3-12-6-8(11)7(2)4-5(9)10/h3H,1,4H2,2H3,(H,9,10)/b8-6-. The number of carbonyl (C=O) groups is 1. The molecule has 12 heavy (non-hydrogen) atoms. The molecule has 0 aliphatic carbocycles. The lowest BCUT2D eigenvalue weighted by atomic mass is 10.7. The summed E-state index contributed by atoms with van der Waals surface area (Å²) in [6, 6.07) is 0. The van der Waals surface area contributed by atoms with E-state index >= 15 is 0 Å². The molecule has 0 radical (unpaired) electrons. The number of likely N-dealkylation sites (N-methyl/N-ethyl adjacent to an activating group) is 1. The predicted octanol–water partition coefficient (Wildman–Crippen LogP) is -0.0446. The van der Waals surface area contributed by atoms with E-state index in [1.807, 2.05) is 0 Å². The quantitative estimate of drug-likeness (QED) is 0.274. The highest BCUT2D eigenvalue weighted by atomic mass is 16.7. The van der Waals surface area contributed by atoms with Crippen molar-refractivity contribution in [2.24, 2.45) is 5.28 Å². The Morgan fingerprint density at radius 3 is 3.00 bits per heavy atom. The van der Waals surface area contributed by atoms with Gasteiger partial charge in [0.25, 0.3) is 0 Å². The highest BCUT2D eigenvalue weighted by Gasteiger charge is 2.10. The van der Waals surface area contributed by atoms with E-state index in [-0.39, 0.29) is 4.97 Å². The molecule has 0 bridgehead atoms. The van der Waals surface area contributed by atoms with Crippen LogP contribution in [-0.2, 0) is 9.63 Å². The van der Waals surface area contributed by atoms with Crippen molar-refractivity contribution in [1.82, 2.24) is 5.01 Å². The zero-order valence-corrected chi connectivity index (χ0v) is 6.51. The molecule has 0 aromatic heterocycles. The molecule has 0 aromatic rings. The molecule has 0 aromatic carbocycles. The molecule has 0 aliphatic heterocycles. The molecule has 0 saturated heterocycles. The molecule has 7 nitrogen and oxygen atoms in total. The average molecular weight is 175 g/mol. The number of hydrogen-bond donors (Lipinski definition) is 1. The molecule has 68 valence electrons. The average Bonchev–Trinajstić information content (AvgIpc) is 1.98. The Bertz CT molecular complexity index is 203. The molecule has 0 spiro atoms. The molecule has 0 atom stereocenters. The fourth-order valence-corrected chi connectivity index (χ4v) is 0.392. The van der Waals surface area contributed by atoms with Crippen LogP contribution in [0.25, 0.3) is 0 Å². The van der Waals surface area contributed by atoms with Gasteiger partial charge in [-0.3, -0.25) is 4.79 Å². The Morgan fingerprint density at radius 1 is 2.00 bits per heavy atom. The molecular formula is C5H9N3O4. The fourth-order valence-electron chi connectivity index (χ4n) is 0.392. The van der Waals surface area contributed by atoms with Gasteiger partial charge in [-0.05, 0) is 0 Å². The van der Waals surface area contributed by atoms with Crippen LogP contribution in [0, 0.1) is 5.21 Å². The van der Waals surface area contributed by atoms with Crippen molar-refractivity contribution in [1.29, 1.82) is 0 Å². The zero-order valence-electron chi connectivity index (χ0n) is 6.51. The Hall–Kier alpha value is -1.79. The van der Waals surface area contributed by atoms with Crippen LogP contribution >= 0.6 is 0 Å². The van der Waals surface area contributed by atoms with Gasteiger partial charge in [-0.25, -0.2) is 0 Å². The Balaban J connectivity index is 3.98. The fraction of sp³-hybridized carbons (Fsp3) is 0.400. The minimum absolute atomic E-state index is 0.00972. The maximum Gasteiger partial charge on any atom is 0.329 e. The summed E-state index contributed by atoms with van der Waals surface area (Å²) in [7, 11) is 1.26. The lowest BCUT2D eigenvalue weighted by Gasteiger charge is -2.08. The van der Waals surface area contributed by atoms with Crippen LogP contribution in [-0.4, -0.2) is 34.6 Å². The SMILES string of the molecule is C=CO/N=[N+](\[O-])N(C)CC(=O)O. The van der Waals surface area contributed by atoms with E-state index in [4.69, 9.17) is 5.11 Å². The van der Waals surface area contributed by atoms with E-state index in [9.17, 15) is 10.0 Å². The van der Waals surface area contributed by atoms with E-state index in [2.05, 4.69) is 16.7 Å². The normalized spacial score (nSPS) is 10.6. The van der Waals surface area contributed by atoms with Gasteiger partial charge in [0.2, 0.25) is 5.28 Å². The summed E-state index contributed by atoms with van der Waals surface area (Å²) in [4.78, 5) is 14.3. The number of hydrogen-bond acceptors (Lipinski definition) is 4. The van der Waals surface area contributed by atoms with Crippen LogP contribution in [0.4, 0.5) is 0 Å². The molecule has 0 amide bonds. The Labute approximate surface area is 68.7 Å². The van der Waals surface area contributed by atoms with Crippen molar-refractivity contribution in [2.45, 2.75) is 0 Å². The van der Waals surface area contributed by atoms with Gasteiger partial charge in [0, 0.05) is 0 Å². The summed E-state index contributed by atoms with van der Waals surface area (Å²) >= 11 is 0. The van der Waals surface area contributed by atoms with Crippen molar-refractivity contribution >= 4 is 5.97 Å². The van der Waals surface area contributed by atoms with Crippen molar-refractivity contribution in [3.05, 3.63) is 18.0 Å².